The Bertz CT molecular complexity index is 410. The van der Waals surface area contributed by atoms with Gasteiger partial charge in [0.05, 0.1) is 0 Å². The molecule has 3 heteroatoms. The van der Waals surface area contributed by atoms with Gasteiger partial charge in [-0.2, -0.15) is 0 Å². The molecule has 2 rings (SSSR count). The van der Waals surface area contributed by atoms with Gasteiger partial charge >= 0.3 is 0 Å². The molecule has 1 aromatic heterocycles. The average Bonchev–Trinajstić information content (AvgIpc) is 2.47. The molecule has 0 aliphatic heterocycles. The summed E-state index contributed by atoms with van der Waals surface area (Å²) in [6.45, 7) is 0. The van der Waals surface area contributed by atoms with Gasteiger partial charge in [0.1, 0.15) is 0 Å². The number of carbonyl (C=O) groups excluding carboxylic acids is 1. The molecule has 0 bridgehead atoms. The van der Waals surface area contributed by atoms with Crippen molar-refractivity contribution in [1.82, 2.24) is 9.88 Å². The Labute approximate surface area is 128 Å². The third kappa shape index (κ3) is 5.49. The number of amides is 1. The van der Waals surface area contributed by atoms with Crippen LogP contribution in [0.25, 0.3) is 0 Å². The Morgan fingerprint density at radius 1 is 1.19 bits per heavy atom. The van der Waals surface area contributed by atoms with Crippen LogP contribution in [0.2, 0.25) is 0 Å². The normalized spacial score (nSPS) is 17.0. The van der Waals surface area contributed by atoms with E-state index in [9.17, 15) is 4.79 Å². The number of rotatable bonds is 5. The first-order valence-electron chi connectivity index (χ1n) is 8.43. The number of carbonyl (C=O) groups is 1. The fraction of sp³-hybridized carbons (Fsp3) is 0.667. The Morgan fingerprint density at radius 3 is 2.57 bits per heavy atom. The van der Waals surface area contributed by atoms with Gasteiger partial charge in [0.25, 0.3) is 0 Å². The summed E-state index contributed by atoms with van der Waals surface area (Å²) in [5.41, 5.74) is 1.08. The Hall–Kier alpha value is -1.38. The van der Waals surface area contributed by atoms with Crippen molar-refractivity contribution >= 4 is 5.91 Å². The monoisotopic (exact) mass is 288 g/mol. The highest BCUT2D eigenvalue weighted by molar-refractivity contribution is 5.76. The molecule has 1 fully saturated rings. The maximum absolute atomic E-state index is 12.3. The highest BCUT2D eigenvalue weighted by atomic mass is 16.2. The van der Waals surface area contributed by atoms with Gasteiger partial charge in [-0.05, 0) is 37.8 Å². The summed E-state index contributed by atoms with van der Waals surface area (Å²) >= 11 is 0. The van der Waals surface area contributed by atoms with E-state index in [1.54, 1.807) is 0 Å². The van der Waals surface area contributed by atoms with Crippen molar-refractivity contribution in [3.8, 4) is 0 Å². The lowest BCUT2D eigenvalue weighted by molar-refractivity contribution is -0.132. The van der Waals surface area contributed by atoms with Crippen molar-refractivity contribution in [1.29, 1.82) is 0 Å². The van der Waals surface area contributed by atoms with Crippen molar-refractivity contribution in [2.24, 2.45) is 0 Å². The molecule has 1 saturated carbocycles. The lowest BCUT2D eigenvalue weighted by Gasteiger charge is -2.30. The van der Waals surface area contributed by atoms with Gasteiger partial charge in [-0.15, -0.1) is 0 Å². The minimum absolute atomic E-state index is 0.302. The highest BCUT2D eigenvalue weighted by Crippen LogP contribution is 2.21. The lowest BCUT2D eigenvalue weighted by Crippen LogP contribution is -2.37. The summed E-state index contributed by atoms with van der Waals surface area (Å²) in [6.07, 6.45) is 13.2. The molecule has 1 aromatic rings. The zero-order chi connectivity index (χ0) is 14.9. The van der Waals surface area contributed by atoms with Crippen LogP contribution in [-0.2, 0) is 11.2 Å². The fourth-order valence-corrected chi connectivity index (χ4v) is 3.17. The smallest absolute Gasteiger partial charge is 0.222 e. The van der Waals surface area contributed by atoms with E-state index in [2.05, 4.69) is 4.98 Å². The first-order chi connectivity index (χ1) is 10.3. The molecule has 116 valence electrons. The van der Waals surface area contributed by atoms with E-state index in [-0.39, 0.29) is 0 Å². The molecule has 3 nitrogen and oxygen atoms in total. The third-order valence-electron chi connectivity index (χ3n) is 4.57. The van der Waals surface area contributed by atoms with Crippen LogP contribution >= 0.6 is 0 Å². The Morgan fingerprint density at radius 2 is 1.90 bits per heavy atom. The van der Waals surface area contributed by atoms with Gasteiger partial charge < -0.3 is 4.90 Å². The summed E-state index contributed by atoms with van der Waals surface area (Å²) in [7, 11) is 2.00. The van der Waals surface area contributed by atoms with Crippen LogP contribution in [0.3, 0.4) is 0 Å². The molecule has 0 unspecified atom stereocenters. The van der Waals surface area contributed by atoms with Crippen molar-refractivity contribution < 1.29 is 4.79 Å². The largest absolute Gasteiger partial charge is 0.343 e. The van der Waals surface area contributed by atoms with E-state index < -0.39 is 0 Å². The number of nitrogens with zero attached hydrogens (tertiary/aromatic N) is 2. The van der Waals surface area contributed by atoms with Gasteiger partial charge in [0.15, 0.2) is 0 Å². The zero-order valence-electron chi connectivity index (χ0n) is 13.3. The number of hydrogen-bond donors (Lipinski definition) is 0. The van der Waals surface area contributed by atoms with Gasteiger partial charge in [0, 0.05) is 31.4 Å². The average molecular weight is 288 g/mol. The van der Waals surface area contributed by atoms with Crippen molar-refractivity contribution in [3.63, 3.8) is 0 Å². The molecule has 21 heavy (non-hydrogen) atoms. The first kappa shape index (κ1) is 16.0. The summed E-state index contributed by atoms with van der Waals surface area (Å²) in [4.78, 5) is 18.7. The van der Waals surface area contributed by atoms with Gasteiger partial charge in [-0.3, -0.25) is 9.78 Å². The van der Waals surface area contributed by atoms with E-state index in [4.69, 9.17) is 0 Å². The van der Waals surface area contributed by atoms with E-state index in [1.165, 1.54) is 44.9 Å². The first-order valence-corrected chi connectivity index (χ1v) is 8.43. The maximum Gasteiger partial charge on any atom is 0.222 e. The molecule has 1 heterocycles. The van der Waals surface area contributed by atoms with E-state index in [0.29, 0.717) is 18.4 Å². The van der Waals surface area contributed by atoms with Crippen LogP contribution in [0.5, 0.6) is 0 Å². The molecule has 0 N–H and O–H groups in total. The summed E-state index contributed by atoms with van der Waals surface area (Å²) in [6, 6.07) is 6.43. The third-order valence-corrected chi connectivity index (χ3v) is 4.57. The summed E-state index contributed by atoms with van der Waals surface area (Å²) < 4.78 is 0. The molecule has 1 aliphatic carbocycles. The molecule has 0 aromatic carbocycles. The molecule has 1 aliphatic rings. The van der Waals surface area contributed by atoms with Gasteiger partial charge in [-0.25, -0.2) is 0 Å². The Balaban J connectivity index is 1.73. The van der Waals surface area contributed by atoms with Crippen LogP contribution in [0.15, 0.2) is 24.4 Å². The van der Waals surface area contributed by atoms with E-state index in [0.717, 1.165) is 18.5 Å². The van der Waals surface area contributed by atoms with Crippen LogP contribution in [0.1, 0.15) is 63.5 Å². The molecule has 0 saturated heterocycles. The van der Waals surface area contributed by atoms with E-state index >= 15 is 0 Å². The van der Waals surface area contributed by atoms with Crippen LogP contribution in [0.4, 0.5) is 0 Å². The molecule has 1 amide bonds. The van der Waals surface area contributed by atoms with Crippen molar-refractivity contribution in [2.75, 3.05) is 7.05 Å². The zero-order valence-corrected chi connectivity index (χ0v) is 13.3. The summed E-state index contributed by atoms with van der Waals surface area (Å²) in [5, 5.41) is 0. The second-order valence-corrected chi connectivity index (χ2v) is 6.18. The van der Waals surface area contributed by atoms with Crippen molar-refractivity contribution in [3.05, 3.63) is 30.1 Å². The fourth-order valence-electron chi connectivity index (χ4n) is 3.17. The van der Waals surface area contributed by atoms with Crippen molar-refractivity contribution in [2.45, 2.75) is 70.3 Å². The quantitative estimate of drug-likeness (QED) is 0.821. The minimum atomic E-state index is 0.302. The van der Waals surface area contributed by atoms with Crippen LogP contribution in [0, 0.1) is 0 Å². The second-order valence-electron chi connectivity index (χ2n) is 6.18. The second kappa shape index (κ2) is 8.81. The topological polar surface area (TPSA) is 33.2 Å². The summed E-state index contributed by atoms with van der Waals surface area (Å²) in [5.74, 6) is 0.302. The standard InChI is InChI=1S/C18H28N2O/c1-20(17-12-5-3-2-4-6-13-17)18(21)14-9-11-16-10-7-8-15-19-16/h7-8,10,15,17H,2-6,9,11-14H2,1H3. The minimum Gasteiger partial charge on any atom is -0.343 e. The SMILES string of the molecule is CN(C(=O)CCCc1ccccn1)C1CCCCCCC1. The number of pyridine rings is 1. The molecule has 0 spiro atoms. The number of hydrogen-bond acceptors (Lipinski definition) is 2. The lowest BCUT2D eigenvalue weighted by atomic mass is 9.95. The molecule has 0 radical (unpaired) electrons. The predicted octanol–water partition coefficient (Wildman–Crippen LogP) is 3.98. The molecule has 0 atom stereocenters. The maximum atomic E-state index is 12.3. The number of aromatic nitrogens is 1. The molecular weight excluding hydrogens is 260 g/mol. The highest BCUT2D eigenvalue weighted by Gasteiger charge is 2.20. The molecular formula is C18H28N2O. The van der Waals surface area contributed by atoms with Crippen LogP contribution < -0.4 is 0 Å². The van der Waals surface area contributed by atoms with E-state index in [1.807, 2.05) is 36.3 Å². The van der Waals surface area contributed by atoms with Crippen LogP contribution in [-0.4, -0.2) is 28.9 Å². The Kier molecular flexibility index (Phi) is 6.71. The van der Waals surface area contributed by atoms with Gasteiger partial charge in [0.2, 0.25) is 5.91 Å². The predicted molar refractivity (Wildman–Crippen MR) is 86.1 cm³/mol. The number of aryl methyl sites for hydroxylation is 1. The van der Waals surface area contributed by atoms with Gasteiger partial charge in [-0.1, -0.05) is 38.2 Å².